The van der Waals surface area contributed by atoms with Crippen molar-refractivity contribution in [2.24, 2.45) is 5.73 Å². The number of aromatic nitrogens is 1. The average molecular weight is 301 g/mol. The molecular weight excluding hydrogens is 286 g/mol. The third-order valence-corrected chi connectivity index (χ3v) is 4.61. The highest BCUT2D eigenvalue weighted by atomic mass is 32.1. The number of nitrogens with two attached hydrogens (primary N) is 1. The van der Waals surface area contributed by atoms with E-state index in [1.54, 1.807) is 0 Å². The second-order valence-corrected chi connectivity index (χ2v) is 5.99. The minimum atomic E-state index is -0.599. The minimum absolute atomic E-state index is 0.0465. The van der Waals surface area contributed by atoms with Gasteiger partial charge in [0.2, 0.25) is 0 Å². The number of ketones is 1. The summed E-state index contributed by atoms with van der Waals surface area (Å²) >= 11 is 1.17. The number of hydrogen-bond donors (Lipinski definition) is 2. The van der Waals surface area contributed by atoms with Gasteiger partial charge in [-0.15, -0.1) is 11.3 Å². The second kappa shape index (κ2) is 5.75. The van der Waals surface area contributed by atoms with Gasteiger partial charge in [-0.25, -0.2) is 4.98 Å². The van der Waals surface area contributed by atoms with Crippen molar-refractivity contribution in [2.45, 2.75) is 18.9 Å². The lowest BCUT2D eigenvalue weighted by atomic mass is 9.98. The molecule has 108 valence electrons. The SMILES string of the molecule is NC(=O)c1nc(C(=O)CC2CCN2)c(-c2ccccc2)s1. The predicted molar refractivity (Wildman–Crippen MR) is 81.4 cm³/mol. The quantitative estimate of drug-likeness (QED) is 0.825. The van der Waals surface area contributed by atoms with Crippen molar-refractivity contribution < 1.29 is 9.59 Å². The van der Waals surface area contributed by atoms with Crippen molar-refractivity contribution in [3.63, 3.8) is 0 Å². The zero-order valence-electron chi connectivity index (χ0n) is 11.3. The van der Waals surface area contributed by atoms with Gasteiger partial charge in [0, 0.05) is 12.5 Å². The Balaban J connectivity index is 1.97. The van der Waals surface area contributed by atoms with E-state index in [4.69, 9.17) is 5.73 Å². The largest absolute Gasteiger partial charge is 0.364 e. The van der Waals surface area contributed by atoms with Gasteiger partial charge in [0.05, 0.1) is 4.88 Å². The number of carbonyl (C=O) groups is 2. The monoisotopic (exact) mass is 301 g/mol. The van der Waals surface area contributed by atoms with Crippen molar-refractivity contribution >= 4 is 23.0 Å². The molecule has 0 bridgehead atoms. The molecule has 0 radical (unpaired) electrons. The van der Waals surface area contributed by atoms with Crippen LogP contribution in [0.4, 0.5) is 0 Å². The van der Waals surface area contributed by atoms with Gasteiger partial charge in [0.1, 0.15) is 5.69 Å². The molecule has 5 nitrogen and oxygen atoms in total. The van der Waals surface area contributed by atoms with E-state index >= 15 is 0 Å². The third-order valence-electron chi connectivity index (χ3n) is 3.50. The summed E-state index contributed by atoms with van der Waals surface area (Å²) in [6.45, 7) is 0.951. The normalized spacial score (nSPS) is 17.2. The summed E-state index contributed by atoms with van der Waals surface area (Å²) in [5.74, 6) is -0.646. The smallest absolute Gasteiger partial charge is 0.277 e. The van der Waals surface area contributed by atoms with Crippen LogP contribution in [0.3, 0.4) is 0 Å². The van der Waals surface area contributed by atoms with Crippen molar-refractivity contribution in [2.75, 3.05) is 6.54 Å². The predicted octanol–water partition coefficient (Wildman–Crippen LogP) is 1.84. The minimum Gasteiger partial charge on any atom is -0.364 e. The topological polar surface area (TPSA) is 85.1 Å². The molecule has 0 aliphatic carbocycles. The van der Waals surface area contributed by atoms with Crippen LogP contribution in [0.5, 0.6) is 0 Å². The van der Waals surface area contributed by atoms with Crippen LogP contribution in [-0.2, 0) is 0 Å². The molecular formula is C15H15N3O2S. The van der Waals surface area contributed by atoms with E-state index in [2.05, 4.69) is 10.3 Å². The van der Waals surface area contributed by atoms with Gasteiger partial charge in [0.25, 0.3) is 5.91 Å². The highest BCUT2D eigenvalue weighted by Crippen LogP contribution is 2.31. The van der Waals surface area contributed by atoms with Gasteiger partial charge in [-0.1, -0.05) is 30.3 Å². The van der Waals surface area contributed by atoms with Crippen molar-refractivity contribution in [3.8, 4) is 10.4 Å². The zero-order valence-corrected chi connectivity index (χ0v) is 12.2. The average Bonchev–Trinajstić information content (AvgIpc) is 2.89. The molecule has 1 atom stereocenters. The maximum absolute atomic E-state index is 12.4. The highest BCUT2D eigenvalue weighted by Gasteiger charge is 2.26. The molecule has 1 amide bonds. The molecule has 2 heterocycles. The number of thiazole rings is 1. The fourth-order valence-electron chi connectivity index (χ4n) is 2.24. The number of hydrogen-bond acceptors (Lipinski definition) is 5. The summed E-state index contributed by atoms with van der Waals surface area (Å²) in [5, 5.41) is 3.38. The Hall–Kier alpha value is -2.05. The molecule has 0 spiro atoms. The van der Waals surface area contributed by atoms with Crippen molar-refractivity contribution in [1.82, 2.24) is 10.3 Å². The first-order valence-corrected chi connectivity index (χ1v) is 7.59. The van der Waals surface area contributed by atoms with Crippen molar-refractivity contribution in [3.05, 3.63) is 41.0 Å². The summed E-state index contributed by atoms with van der Waals surface area (Å²) in [6.07, 6.45) is 1.40. The van der Waals surface area contributed by atoms with Gasteiger partial charge in [-0.2, -0.15) is 0 Å². The Kier molecular flexibility index (Phi) is 3.81. The molecule has 0 saturated carbocycles. The summed E-state index contributed by atoms with van der Waals surface area (Å²) in [5.41, 5.74) is 6.54. The van der Waals surface area contributed by atoms with Crippen LogP contribution in [-0.4, -0.2) is 29.3 Å². The Morgan fingerprint density at radius 2 is 2.05 bits per heavy atom. The number of primary amides is 1. The lowest BCUT2D eigenvalue weighted by molar-refractivity contribution is 0.0952. The first-order chi connectivity index (χ1) is 10.1. The summed E-state index contributed by atoms with van der Waals surface area (Å²) in [7, 11) is 0. The molecule has 3 rings (SSSR count). The molecule has 21 heavy (non-hydrogen) atoms. The summed E-state index contributed by atoms with van der Waals surface area (Å²) < 4.78 is 0. The van der Waals surface area contributed by atoms with Crippen LogP contribution in [0.1, 0.15) is 33.1 Å². The lowest BCUT2D eigenvalue weighted by Crippen LogP contribution is -2.44. The number of carbonyl (C=O) groups excluding carboxylic acids is 2. The molecule has 3 N–H and O–H groups in total. The fourth-order valence-corrected chi connectivity index (χ4v) is 3.18. The van der Waals surface area contributed by atoms with Crippen LogP contribution in [0.15, 0.2) is 30.3 Å². The van der Waals surface area contributed by atoms with E-state index in [0.717, 1.165) is 18.5 Å². The van der Waals surface area contributed by atoms with Crippen molar-refractivity contribution in [1.29, 1.82) is 0 Å². The van der Waals surface area contributed by atoms with Gasteiger partial charge >= 0.3 is 0 Å². The Bertz CT molecular complexity index is 677. The Morgan fingerprint density at radius 3 is 2.62 bits per heavy atom. The number of benzene rings is 1. The molecule has 6 heteroatoms. The first-order valence-electron chi connectivity index (χ1n) is 6.78. The Morgan fingerprint density at radius 1 is 1.33 bits per heavy atom. The molecule has 1 aromatic carbocycles. The van der Waals surface area contributed by atoms with E-state index in [0.29, 0.717) is 17.0 Å². The maximum Gasteiger partial charge on any atom is 0.277 e. The molecule has 1 unspecified atom stereocenters. The molecule has 1 aliphatic heterocycles. The number of amides is 1. The van der Waals surface area contributed by atoms with E-state index in [1.807, 2.05) is 30.3 Å². The lowest BCUT2D eigenvalue weighted by Gasteiger charge is -2.26. The van der Waals surface area contributed by atoms with Gasteiger partial charge in [-0.05, 0) is 18.5 Å². The third kappa shape index (κ3) is 2.86. The zero-order chi connectivity index (χ0) is 14.8. The standard InChI is InChI=1S/C15H15N3O2S/c16-14(20)15-18-12(11(19)8-10-6-7-17-10)13(21-15)9-4-2-1-3-5-9/h1-5,10,17H,6-8H2,(H2,16,20). The second-order valence-electron chi connectivity index (χ2n) is 4.99. The number of nitrogens with one attached hydrogen (secondary N) is 1. The fraction of sp³-hybridized carbons (Fsp3) is 0.267. The number of nitrogens with zero attached hydrogens (tertiary/aromatic N) is 1. The highest BCUT2D eigenvalue weighted by molar-refractivity contribution is 7.17. The maximum atomic E-state index is 12.4. The van der Waals surface area contributed by atoms with E-state index in [9.17, 15) is 9.59 Å². The van der Waals surface area contributed by atoms with E-state index < -0.39 is 5.91 Å². The molecule has 1 aromatic heterocycles. The summed E-state index contributed by atoms with van der Waals surface area (Å²) in [4.78, 5) is 28.7. The summed E-state index contributed by atoms with van der Waals surface area (Å²) in [6, 6.07) is 9.70. The molecule has 2 aromatic rings. The first kappa shape index (κ1) is 13.9. The van der Waals surface area contributed by atoms with Crippen LogP contribution in [0, 0.1) is 0 Å². The molecule has 1 saturated heterocycles. The van der Waals surface area contributed by atoms with Crippen LogP contribution in [0.2, 0.25) is 0 Å². The van der Waals surface area contributed by atoms with E-state index in [1.165, 1.54) is 11.3 Å². The van der Waals surface area contributed by atoms with Gasteiger partial charge < -0.3 is 11.1 Å². The molecule has 1 aliphatic rings. The molecule has 1 fully saturated rings. The van der Waals surface area contributed by atoms with Gasteiger partial charge in [0.15, 0.2) is 10.8 Å². The van der Waals surface area contributed by atoms with Crippen LogP contribution >= 0.6 is 11.3 Å². The van der Waals surface area contributed by atoms with E-state index in [-0.39, 0.29) is 16.8 Å². The van der Waals surface area contributed by atoms with Gasteiger partial charge in [-0.3, -0.25) is 9.59 Å². The number of rotatable bonds is 5. The Labute approximate surface area is 126 Å². The van der Waals surface area contributed by atoms with Crippen LogP contribution in [0.25, 0.3) is 10.4 Å². The van der Waals surface area contributed by atoms with Crippen LogP contribution < -0.4 is 11.1 Å². The number of Topliss-reactive ketones (excluding diaryl/α,β-unsaturated/α-hetero) is 1.